The van der Waals surface area contributed by atoms with Crippen LogP contribution in [0.15, 0.2) is 24.3 Å². The van der Waals surface area contributed by atoms with Gasteiger partial charge in [-0.2, -0.15) is 0 Å². The largest absolute Gasteiger partial charge is 0.368 e. The summed E-state index contributed by atoms with van der Waals surface area (Å²) in [5, 5.41) is 0. The van der Waals surface area contributed by atoms with Crippen molar-refractivity contribution in [1.29, 1.82) is 0 Å². The van der Waals surface area contributed by atoms with E-state index in [0.717, 1.165) is 44.2 Å². The molecule has 2 heterocycles. The van der Waals surface area contributed by atoms with E-state index in [1.54, 1.807) is 0 Å². The highest BCUT2D eigenvalue weighted by atomic mass is 19.1. The van der Waals surface area contributed by atoms with E-state index in [2.05, 4.69) is 0 Å². The Morgan fingerprint density at radius 2 is 2.05 bits per heavy atom. The van der Waals surface area contributed by atoms with Gasteiger partial charge >= 0.3 is 0 Å². The van der Waals surface area contributed by atoms with Crippen LogP contribution in [0.25, 0.3) is 0 Å². The third kappa shape index (κ3) is 2.85. The Bertz CT molecular complexity index is 468. The maximum absolute atomic E-state index is 12.9. The maximum atomic E-state index is 12.9. The molecule has 0 aliphatic carbocycles. The van der Waals surface area contributed by atoms with Gasteiger partial charge < -0.3 is 9.64 Å². The molecule has 0 aromatic heterocycles. The molecule has 0 saturated carbocycles. The van der Waals surface area contributed by atoms with Crippen molar-refractivity contribution in [3.05, 3.63) is 35.6 Å². The summed E-state index contributed by atoms with van der Waals surface area (Å²) < 4.78 is 18.4. The lowest BCUT2D eigenvalue weighted by Crippen LogP contribution is -2.42. The van der Waals surface area contributed by atoms with Crippen LogP contribution >= 0.6 is 0 Å². The molecule has 2 atom stereocenters. The SMILES string of the molecule is O=C(C1CCCO1)N1CCCC1Cc1ccc(F)cc1. The van der Waals surface area contributed by atoms with Crippen LogP contribution in [0, 0.1) is 5.82 Å². The average molecular weight is 277 g/mol. The molecule has 2 aliphatic heterocycles. The van der Waals surface area contributed by atoms with Gasteiger partial charge in [0.1, 0.15) is 11.9 Å². The number of hydrogen-bond donors (Lipinski definition) is 0. The molecule has 1 aromatic carbocycles. The molecular formula is C16H20FNO2. The van der Waals surface area contributed by atoms with E-state index >= 15 is 0 Å². The molecule has 0 radical (unpaired) electrons. The molecule has 3 nitrogen and oxygen atoms in total. The minimum Gasteiger partial charge on any atom is -0.368 e. The Labute approximate surface area is 118 Å². The molecule has 2 saturated heterocycles. The fourth-order valence-corrected chi connectivity index (χ4v) is 3.19. The molecule has 1 amide bonds. The number of likely N-dealkylation sites (tertiary alicyclic amines) is 1. The van der Waals surface area contributed by atoms with E-state index in [1.807, 2.05) is 17.0 Å². The number of ether oxygens (including phenoxy) is 1. The summed E-state index contributed by atoms with van der Waals surface area (Å²) >= 11 is 0. The molecule has 1 aromatic rings. The van der Waals surface area contributed by atoms with Gasteiger partial charge in [-0.15, -0.1) is 0 Å². The Morgan fingerprint density at radius 3 is 2.75 bits per heavy atom. The monoisotopic (exact) mass is 277 g/mol. The van der Waals surface area contributed by atoms with Gasteiger partial charge in [-0.1, -0.05) is 12.1 Å². The maximum Gasteiger partial charge on any atom is 0.251 e. The van der Waals surface area contributed by atoms with Crippen molar-refractivity contribution in [2.24, 2.45) is 0 Å². The van der Waals surface area contributed by atoms with Gasteiger partial charge in [-0.25, -0.2) is 4.39 Å². The summed E-state index contributed by atoms with van der Waals surface area (Å²) in [5.74, 6) is -0.0698. The van der Waals surface area contributed by atoms with Crippen molar-refractivity contribution in [3.63, 3.8) is 0 Å². The quantitative estimate of drug-likeness (QED) is 0.849. The average Bonchev–Trinajstić information content (AvgIpc) is 3.12. The number of carbonyl (C=O) groups is 1. The second-order valence-electron chi connectivity index (χ2n) is 5.66. The normalized spacial score (nSPS) is 26.1. The second kappa shape index (κ2) is 5.92. The van der Waals surface area contributed by atoms with Crippen LogP contribution in [0.3, 0.4) is 0 Å². The summed E-state index contributed by atoms with van der Waals surface area (Å²) in [4.78, 5) is 14.4. The van der Waals surface area contributed by atoms with Crippen LogP contribution in [-0.2, 0) is 16.0 Å². The highest BCUT2D eigenvalue weighted by Gasteiger charge is 2.34. The van der Waals surface area contributed by atoms with Gasteiger partial charge in [0.25, 0.3) is 5.91 Å². The molecule has 3 rings (SSSR count). The number of halogens is 1. The summed E-state index contributed by atoms with van der Waals surface area (Å²) in [5.41, 5.74) is 1.09. The van der Waals surface area contributed by atoms with Crippen molar-refractivity contribution in [2.75, 3.05) is 13.2 Å². The molecular weight excluding hydrogens is 257 g/mol. The lowest BCUT2D eigenvalue weighted by molar-refractivity contribution is -0.141. The number of nitrogens with zero attached hydrogens (tertiary/aromatic N) is 1. The first-order valence-corrected chi connectivity index (χ1v) is 7.40. The van der Waals surface area contributed by atoms with E-state index in [-0.39, 0.29) is 23.9 Å². The Balaban J connectivity index is 1.65. The molecule has 108 valence electrons. The van der Waals surface area contributed by atoms with Gasteiger partial charge in [-0.3, -0.25) is 4.79 Å². The van der Waals surface area contributed by atoms with Crippen molar-refractivity contribution in [2.45, 2.75) is 44.2 Å². The van der Waals surface area contributed by atoms with Crippen LogP contribution in [0.4, 0.5) is 4.39 Å². The molecule has 2 fully saturated rings. The first-order valence-electron chi connectivity index (χ1n) is 7.40. The molecule has 4 heteroatoms. The van der Waals surface area contributed by atoms with Crippen molar-refractivity contribution in [3.8, 4) is 0 Å². The number of hydrogen-bond acceptors (Lipinski definition) is 2. The Morgan fingerprint density at radius 1 is 1.25 bits per heavy atom. The minimum absolute atomic E-state index is 0.145. The topological polar surface area (TPSA) is 29.5 Å². The minimum atomic E-state index is -0.233. The van der Waals surface area contributed by atoms with Gasteiger partial charge in [0, 0.05) is 19.2 Å². The molecule has 2 unspecified atom stereocenters. The summed E-state index contributed by atoms with van der Waals surface area (Å²) in [6.45, 7) is 1.53. The van der Waals surface area contributed by atoms with Crippen molar-refractivity contribution < 1.29 is 13.9 Å². The first kappa shape index (κ1) is 13.6. The van der Waals surface area contributed by atoms with Crippen LogP contribution in [0.2, 0.25) is 0 Å². The standard InChI is InChI=1S/C16H20FNO2/c17-13-7-5-12(6-8-13)11-14-3-1-9-18(14)16(19)15-4-2-10-20-15/h5-8,14-15H,1-4,9-11H2. The van der Waals surface area contributed by atoms with E-state index in [0.29, 0.717) is 6.61 Å². The Kier molecular flexibility index (Phi) is 4.01. The zero-order chi connectivity index (χ0) is 13.9. The fourth-order valence-electron chi connectivity index (χ4n) is 3.19. The number of benzene rings is 1. The summed E-state index contributed by atoms with van der Waals surface area (Å²) in [6, 6.07) is 6.81. The van der Waals surface area contributed by atoms with Crippen LogP contribution in [0.1, 0.15) is 31.2 Å². The van der Waals surface area contributed by atoms with Crippen LogP contribution in [0.5, 0.6) is 0 Å². The second-order valence-corrected chi connectivity index (χ2v) is 5.66. The van der Waals surface area contributed by atoms with Gasteiger partial charge in [-0.05, 0) is 49.8 Å². The highest BCUT2D eigenvalue weighted by molar-refractivity contribution is 5.81. The van der Waals surface area contributed by atoms with E-state index in [1.165, 1.54) is 12.1 Å². The molecule has 0 bridgehead atoms. The molecule has 2 aliphatic rings. The van der Waals surface area contributed by atoms with E-state index in [4.69, 9.17) is 4.74 Å². The van der Waals surface area contributed by atoms with Gasteiger partial charge in [0.05, 0.1) is 0 Å². The summed E-state index contributed by atoms with van der Waals surface area (Å²) in [6.07, 6.45) is 4.47. The van der Waals surface area contributed by atoms with Crippen molar-refractivity contribution >= 4 is 5.91 Å². The Hall–Kier alpha value is -1.42. The predicted octanol–water partition coefficient (Wildman–Crippen LogP) is 2.54. The van der Waals surface area contributed by atoms with E-state index in [9.17, 15) is 9.18 Å². The third-order valence-electron chi connectivity index (χ3n) is 4.25. The zero-order valence-electron chi connectivity index (χ0n) is 11.6. The third-order valence-corrected chi connectivity index (χ3v) is 4.25. The van der Waals surface area contributed by atoms with Crippen LogP contribution < -0.4 is 0 Å². The zero-order valence-corrected chi connectivity index (χ0v) is 11.6. The summed E-state index contributed by atoms with van der Waals surface area (Å²) in [7, 11) is 0. The first-order chi connectivity index (χ1) is 9.74. The molecule has 0 N–H and O–H groups in total. The number of amides is 1. The lowest BCUT2D eigenvalue weighted by atomic mass is 10.0. The molecule has 20 heavy (non-hydrogen) atoms. The van der Waals surface area contributed by atoms with E-state index < -0.39 is 0 Å². The van der Waals surface area contributed by atoms with Gasteiger partial charge in [0.15, 0.2) is 0 Å². The van der Waals surface area contributed by atoms with Gasteiger partial charge in [0.2, 0.25) is 0 Å². The predicted molar refractivity (Wildman–Crippen MR) is 73.8 cm³/mol. The lowest BCUT2D eigenvalue weighted by Gasteiger charge is -2.27. The molecule has 0 spiro atoms. The fraction of sp³-hybridized carbons (Fsp3) is 0.562. The van der Waals surface area contributed by atoms with Crippen LogP contribution in [-0.4, -0.2) is 36.1 Å². The highest BCUT2D eigenvalue weighted by Crippen LogP contribution is 2.25. The number of carbonyl (C=O) groups excluding carboxylic acids is 1. The number of rotatable bonds is 3. The van der Waals surface area contributed by atoms with Crippen molar-refractivity contribution in [1.82, 2.24) is 4.90 Å². The smallest absolute Gasteiger partial charge is 0.251 e.